The molecule has 0 aromatic carbocycles. The average Bonchev–Trinajstić information content (AvgIpc) is 2.74. The Kier molecular flexibility index (Phi) is 26.8. The topological polar surface area (TPSA) is 27.7 Å². The summed E-state index contributed by atoms with van der Waals surface area (Å²) in [4.78, 5) is 9.42. The third-order valence-corrected chi connectivity index (χ3v) is 5.11. The molecular formula is C26H50O3. The highest BCUT2D eigenvalue weighted by Gasteiger charge is 1.93. The van der Waals surface area contributed by atoms with Crippen molar-refractivity contribution in [2.24, 2.45) is 0 Å². The standard InChI is InChI=1S/C26H50O3/c1-3-4-5-6-7-8-9-10-11-12-13-14-15-16-18-21-24-28-25-22-19-17-20-23-26-29-27-2/h6-7,16,18H,3-5,8-15,17,19-26H2,1-2H3/b7-6-,18-16+. The summed E-state index contributed by atoms with van der Waals surface area (Å²) in [6, 6.07) is 0. The van der Waals surface area contributed by atoms with Gasteiger partial charge in [-0.15, -0.1) is 0 Å². The van der Waals surface area contributed by atoms with Crippen LogP contribution in [0.25, 0.3) is 0 Å². The normalized spacial score (nSPS) is 11.9. The van der Waals surface area contributed by atoms with E-state index in [1.807, 2.05) is 0 Å². The monoisotopic (exact) mass is 410 g/mol. The molecular weight excluding hydrogens is 360 g/mol. The van der Waals surface area contributed by atoms with Gasteiger partial charge in [0.05, 0.1) is 20.3 Å². The Morgan fingerprint density at radius 2 is 0.966 bits per heavy atom. The minimum absolute atomic E-state index is 0.705. The Labute approximate surface area is 182 Å². The fourth-order valence-corrected chi connectivity index (χ4v) is 3.26. The first-order chi connectivity index (χ1) is 14.4. The van der Waals surface area contributed by atoms with Crippen LogP contribution in [0.3, 0.4) is 0 Å². The first-order valence-electron chi connectivity index (χ1n) is 12.4. The van der Waals surface area contributed by atoms with E-state index < -0.39 is 0 Å². The number of ether oxygens (including phenoxy) is 1. The lowest BCUT2D eigenvalue weighted by atomic mass is 10.1. The molecule has 0 fully saturated rings. The second-order valence-electron chi connectivity index (χ2n) is 7.94. The number of rotatable bonds is 24. The van der Waals surface area contributed by atoms with Crippen LogP contribution in [-0.4, -0.2) is 26.9 Å². The molecule has 0 bridgehead atoms. The lowest BCUT2D eigenvalue weighted by Gasteiger charge is -2.03. The summed E-state index contributed by atoms with van der Waals surface area (Å²) in [5.41, 5.74) is 0. The Morgan fingerprint density at radius 1 is 0.483 bits per heavy atom. The Morgan fingerprint density at radius 3 is 1.55 bits per heavy atom. The van der Waals surface area contributed by atoms with Crippen LogP contribution in [0.4, 0.5) is 0 Å². The molecule has 0 saturated heterocycles. The SMILES string of the molecule is CCCC/C=C\CCCCCCCC/C=C/CCOCCCCCCCOOC. The van der Waals surface area contributed by atoms with Crippen LogP contribution in [0.2, 0.25) is 0 Å². The van der Waals surface area contributed by atoms with Crippen molar-refractivity contribution in [3.8, 4) is 0 Å². The summed E-state index contributed by atoms with van der Waals surface area (Å²) in [5.74, 6) is 0. The van der Waals surface area contributed by atoms with Gasteiger partial charge in [-0.3, -0.25) is 0 Å². The van der Waals surface area contributed by atoms with E-state index >= 15 is 0 Å². The van der Waals surface area contributed by atoms with Crippen molar-refractivity contribution in [1.82, 2.24) is 0 Å². The first-order valence-corrected chi connectivity index (χ1v) is 12.4. The van der Waals surface area contributed by atoms with Crippen molar-refractivity contribution in [2.75, 3.05) is 26.9 Å². The van der Waals surface area contributed by atoms with Crippen LogP contribution >= 0.6 is 0 Å². The highest BCUT2D eigenvalue weighted by molar-refractivity contribution is 4.82. The van der Waals surface area contributed by atoms with E-state index in [1.54, 1.807) is 7.11 Å². The van der Waals surface area contributed by atoms with E-state index in [9.17, 15) is 0 Å². The maximum atomic E-state index is 5.70. The van der Waals surface area contributed by atoms with Crippen LogP contribution in [0.5, 0.6) is 0 Å². The van der Waals surface area contributed by atoms with Gasteiger partial charge in [0, 0.05) is 6.61 Å². The van der Waals surface area contributed by atoms with Gasteiger partial charge in [0.1, 0.15) is 0 Å². The molecule has 0 unspecified atom stereocenters. The molecule has 0 aromatic heterocycles. The highest BCUT2D eigenvalue weighted by atomic mass is 17.2. The molecule has 0 spiro atoms. The second-order valence-corrected chi connectivity index (χ2v) is 7.94. The summed E-state index contributed by atoms with van der Waals surface area (Å²) in [6.07, 6.45) is 31.1. The van der Waals surface area contributed by atoms with Gasteiger partial charge in [-0.2, -0.15) is 0 Å². The average molecular weight is 411 g/mol. The van der Waals surface area contributed by atoms with Crippen molar-refractivity contribution in [3.63, 3.8) is 0 Å². The van der Waals surface area contributed by atoms with Gasteiger partial charge in [0.15, 0.2) is 0 Å². The van der Waals surface area contributed by atoms with Crippen molar-refractivity contribution in [3.05, 3.63) is 24.3 Å². The molecule has 0 saturated carbocycles. The molecule has 0 aliphatic carbocycles. The predicted octanol–water partition coefficient (Wildman–Crippen LogP) is 8.35. The molecule has 0 radical (unpaired) electrons. The molecule has 0 aliphatic rings. The second kappa shape index (κ2) is 27.4. The zero-order chi connectivity index (χ0) is 21.1. The molecule has 3 nitrogen and oxygen atoms in total. The van der Waals surface area contributed by atoms with Crippen molar-refractivity contribution >= 4 is 0 Å². The molecule has 172 valence electrons. The van der Waals surface area contributed by atoms with Gasteiger partial charge in [-0.25, -0.2) is 9.78 Å². The van der Waals surface area contributed by atoms with Crippen LogP contribution < -0.4 is 0 Å². The third kappa shape index (κ3) is 27.4. The maximum Gasteiger partial charge on any atom is 0.0822 e. The molecule has 0 atom stereocenters. The first kappa shape index (κ1) is 28.4. The maximum absolute atomic E-state index is 5.70. The van der Waals surface area contributed by atoms with E-state index in [0.717, 1.165) is 26.1 Å². The van der Waals surface area contributed by atoms with Gasteiger partial charge < -0.3 is 4.74 Å². The molecule has 0 heterocycles. The van der Waals surface area contributed by atoms with E-state index in [1.165, 1.54) is 96.3 Å². The molecule has 0 aliphatic heterocycles. The van der Waals surface area contributed by atoms with Crippen LogP contribution in [0.1, 0.15) is 116 Å². The number of unbranched alkanes of at least 4 members (excludes halogenated alkanes) is 13. The minimum atomic E-state index is 0.705. The molecule has 0 aromatic rings. The van der Waals surface area contributed by atoms with Gasteiger partial charge in [-0.05, 0) is 51.4 Å². The van der Waals surface area contributed by atoms with Gasteiger partial charge in [-0.1, -0.05) is 89.0 Å². The van der Waals surface area contributed by atoms with Gasteiger partial charge >= 0.3 is 0 Å². The predicted molar refractivity (Wildman–Crippen MR) is 126 cm³/mol. The summed E-state index contributed by atoms with van der Waals surface area (Å²) in [7, 11) is 1.56. The fraction of sp³-hybridized carbons (Fsp3) is 0.846. The van der Waals surface area contributed by atoms with Crippen LogP contribution in [0, 0.1) is 0 Å². The molecule has 0 amide bonds. The van der Waals surface area contributed by atoms with E-state index in [4.69, 9.17) is 9.62 Å². The number of hydrogen-bond acceptors (Lipinski definition) is 3. The Balaban J connectivity index is 3.10. The number of hydrogen-bond donors (Lipinski definition) is 0. The number of allylic oxidation sites excluding steroid dienone is 3. The summed E-state index contributed by atoms with van der Waals surface area (Å²) in [5, 5.41) is 0. The summed E-state index contributed by atoms with van der Waals surface area (Å²) in [6.45, 7) is 4.73. The smallest absolute Gasteiger partial charge is 0.0822 e. The van der Waals surface area contributed by atoms with Gasteiger partial charge in [0.25, 0.3) is 0 Å². The molecule has 0 rings (SSSR count). The fourth-order valence-electron chi connectivity index (χ4n) is 3.26. The Hall–Kier alpha value is -0.640. The van der Waals surface area contributed by atoms with Crippen molar-refractivity contribution < 1.29 is 14.5 Å². The lowest BCUT2D eigenvalue weighted by Crippen LogP contribution is -1.96. The minimum Gasteiger partial charge on any atom is -0.381 e. The highest BCUT2D eigenvalue weighted by Crippen LogP contribution is 2.10. The third-order valence-electron chi connectivity index (χ3n) is 5.11. The Bertz CT molecular complexity index is 339. The van der Waals surface area contributed by atoms with Crippen molar-refractivity contribution in [1.29, 1.82) is 0 Å². The summed E-state index contributed by atoms with van der Waals surface area (Å²) >= 11 is 0. The molecule has 0 N–H and O–H groups in total. The largest absolute Gasteiger partial charge is 0.381 e. The molecule has 3 heteroatoms. The van der Waals surface area contributed by atoms with E-state index in [0.29, 0.717) is 6.61 Å². The van der Waals surface area contributed by atoms with Crippen LogP contribution in [-0.2, 0) is 14.5 Å². The van der Waals surface area contributed by atoms with Gasteiger partial charge in [0.2, 0.25) is 0 Å². The van der Waals surface area contributed by atoms with E-state index in [2.05, 4.69) is 36.1 Å². The molecule has 29 heavy (non-hydrogen) atoms. The van der Waals surface area contributed by atoms with E-state index in [-0.39, 0.29) is 0 Å². The zero-order valence-corrected chi connectivity index (χ0v) is 19.7. The van der Waals surface area contributed by atoms with Crippen LogP contribution in [0.15, 0.2) is 24.3 Å². The zero-order valence-electron chi connectivity index (χ0n) is 19.7. The quantitative estimate of drug-likeness (QED) is 0.0692. The summed E-state index contributed by atoms with van der Waals surface area (Å²) < 4.78 is 5.70. The van der Waals surface area contributed by atoms with Crippen molar-refractivity contribution in [2.45, 2.75) is 116 Å². The lowest BCUT2D eigenvalue weighted by molar-refractivity contribution is -0.272.